The molecule has 2 nitrogen and oxygen atoms in total. The zero-order valence-electron chi connectivity index (χ0n) is 12.3. The Labute approximate surface area is 125 Å². The van der Waals surface area contributed by atoms with Crippen molar-refractivity contribution < 1.29 is 0 Å². The third kappa shape index (κ3) is 2.79. The average Bonchev–Trinajstić information content (AvgIpc) is 3.08. The van der Waals surface area contributed by atoms with Gasteiger partial charge in [0.2, 0.25) is 0 Å². The van der Waals surface area contributed by atoms with Crippen LogP contribution < -0.4 is 5.32 Å². The van der Waals surface area contributed by atoms with Crippen molar-refractivity contribution >= 4 is 11.3 Å². The number of thiazole rings is 1. The highest BCUT2D eigenvalue weighted by Crippen LogP contribution is 2.50. The van der Waals surface area contributed by atoms with Gasteiger partial charge in [-0.2, -0.15) is 0 Å². The lowest BCUT2D eigenvalue weighted by Gasteiger charge is -2.03. The molecule has 0 radical (unpaired) electrons. The van der Waals surface area contributed by atoms with E-state index >= 15 is 0 Å². The summed E-state index contributed by atoms with van der Waals surface area (Å²) >= 11 is 1.89. The zero-order valence-corrected chi connectivity index (χ0v) is 13.1. The lowest BCUT2D eigenvalue weighted by atomic mass is 10.1. The van der Waals surface area contributed by atoms with Crippen molar-refractivity contribution in [2.45, 2.75) is 45.1 Å². The molecule has 0 unspecified atom stereocenters. The van der Waals surface area contributed by atoms with Crippen molar-refractivity contribution in [1.82, 2.24) is 10.3 Å². The summed E-state index contributed by atoms with van der Waals surface area (Å²) in [5.74, 6) is 0. The van der Waals surface area contributed by atoms with Crippen LogP contribution in [0.4, 0.5) is 0 Å². The summed E-state index contributed by atoms with van der Waals surface area (Å²) in [6.07, 6.45) is 3.74. The molecular formula is C17H22N2S. The lowest BCUT2D eigenvalue weighted by molar-refractivity contribution is 0.661. The number of hydrogen-bond acceptors (Lipinski definition) is 3. The van der Waals surface area contributed by atoms with Crippen molar-refractivity contribution in [3.05, 3.63) is 41.0 Å². The Kier molecular flexibility index (Phi) is 3.90. The summed E-state index contributed by atoms with van der Waals surface area (Å²) in [5, 5.41) is 4.81. The van der Waals surface area contributed by atoms with Crippen molar-refractivity contribution in [3.63, 3.8) is 0 Å². The molecule has 0 bridgehead atoms. The molecule has 0 atom stereocenters. The highest BCUT2D eigenvalue weighted by molar-refractivity contribution is 7.15. The van der Waals surface area contributed by atoms with E-state index in [0.717, 1.165) is 19.5 Å². The molecule has 0 amide bonds. The van der Waals surface area contributed by atoms with Crippen LogP contribution in [0.5, 0.6) is 0 Å². The summed E-state index contributed by atoms with van der Waals surface area (Å²) in [7, 11) is 0. The fraction of sp³-hybridized carbons (Fsp3) is 0.471. The maximum Gasteiger partial charge on any atom is 0.0994 e. The first-order valence-electron chi connectivity index (χ1n) is 7.49. The quantitative estimate of drug-likeness (QED) is 0.798. The van der Waals surface area contributed by atoms with Crippen LogP contribution >= 0.6 is 11.3 Å². The summed E-state index contributed by atoms with van der Waals surface area (Å²) in [5.41, 5.74) is 2.88. The van der Waals surface area contributed by atoms with Crippen molar-refractivity contribution in [2.24, 2.45) is 0 Å². The average molecular weight is 286 g/mol. The normalized spacial score (nSPS) is 16.3. The predicted octanol–water partition coefficient (Wildman–Crippen LogP) is 4.36. The van der Waals surface area contributed by atoms with E-state index in [1.54, 1.807) is 0 Å². The van der Waals surface area contributed by atoms with Gasteiger partial charge < -0.3 is 5.32 Å². The van der Waals surface area contributed by atoms with Crippen LogP contribution in [0.3, 0.4) is 0 Å². The second-order valence-corrected chi connectivity index (χ2v) is 6.90. The van der Waals surface area contributed by atoms with E-state index in [-0.39, 0.29) is 0 Å². The Bertz CT molecular complexity index is 570. The molecule has 2 aromatic rings. The van der Waals surface area contributed by atoms with Crippen molar-refractivity contribution in [3.8, 4) is 10.4 Å². The first-order chi connectivity index (χ1) is 9.73. The van der Waals surface area contributed by atoms with Crippen LogP contribution in [0.15, 0.2) is 30.3 Å². The first kappa shape index (κ1) is 13.8. The van der Waals surface area contributed by atoms with E-state index < -0.39 is 0 Å². The van der Waals surface area contributed by atoms with Crippen LogP contribution in [0.2, 0.25) is 0 Å². The molecule has 106 valence electrons. The third-order valence-corrected chi connectivity index (χ3v) is 5.42. The van der Waals surface area contributed by atoms with Gasteiger partial charge in [0, 0.05) is 12.0 Å². The number of rotatable bonds is 6. The molecule has 1 fully saturated rings. The maximum absolute atomic E-state index is 4.95. The lowest BCUT2D eigenvalue weighted by Crippen LogP contribution is -2.14. The van der Waals surface area contributed by atoms with Gasteiger partial charge in [-0.15, -0.1) is 11.3 Å². The molecule has 20 heavy (non-hydrogen) atoms. The zero-order chi connectivity index (χ0) is 14.0. The maximum atomic E-state index is 4.95. The second-order valence-electron chi connectivity index (χ2n) is 5.90. The molecule has 1 aromatic heterocycles. The molecule has 3 rings (SSSR count). The van der Waals surface area contributed by atoms with Gasteiger partial charge in [-0.1, -0.05) is 44.2 Å². The molecular weight excluding hydrogens is 264 g/mol. The van der Waals surface area contributed by atoms with Crippen LogP contribution in [0.25, 0.3) is 10.4 Å². The Morgan fingerprint density at radius 2 is 2.00 bits per heavy atom. The van der Waals surface area contributed by atoms with Gasteiger partial charge in [-0.3, -0.25) is 0 Å². The predicted molar refractivity (Wildman–Crippen MR) is 86.1 cm³/mol. The minimum Gasteiger partial charge on any atom is -0.311 e. The van der Waals surface area contributed by atoms with E-state index in [2.05, 4.69) is 49.5 Å². The number of nitrogens with zero attached hydrogens (tertiary/aromatic N) is 1. The molecule has 1 N–H and O–H groups in total. The number of benzene rings is 1. The van der Waals surface area contributed by atoms with Gasteiger partial charge in [-0.25, -0.2) is 4.98 Å². The first-order valence-corrected chi connectivity index (χ1v) is 8.31. The Morgan fingerprint density at radius 3 is 2.65 bits per heavy atom. The molecule has 0 spiro atoms. The van der Waals surface area contributed by atoms with E-state index in [9.17, 15) is 0 Å². The monoisotopic (exact) mass is 286 g/mol. The number of nitrogens with one attached hydrogen (secondary N) is 1. The molecule has 1 heterocycles. The highest BCUT2D eigenvalue weighted by Gasteiger charge is 2.42. The standard InChI is InChI=1S/C17H22N2S/c1-3-11-18-12-14-15(13-7-5-4-6-8-13)20-16(19-14)17(2)9-10-17/h4-8,18H,3,9-12H2,1-2H3. The smallest absolute Gasteiger partial charge is 0.0994 e. The molecule has 1 saturated carbocycles. The van der Waals surface area contributed by atoms with Gasteiger partial charge in [0.1, 0.15) is 0 Å². The molecule has 1 aliphatic rings. The van der Waals surface area contributed by atoms with Crippen molar-refractivity contribution in [1.29, 1.82) is 0 Å². The summed E-state index contributed by atoms with van der Waals surface area (Å²) in [4.78, 5) is 6.29. The largest absolute Gasteiger partial charge is 0.311 e. The van der Waals surface area contributed by atoms with Crippen LogP contribution in [0.1, 0.15) is 43.8 Å². The second kappa shape index (κ2) is 5.66. The van der Waals surface area contributed by atoms with E-state index in [1.165, 1.54) is 34.0 Å². The number of aromatic nitrogens is 1. The summed E-state index contributed by atoms with van der Waals surface area (Å²) in [6, 6.07) is 10.7. The van der Waals surface area contributed by atoms with Crippen LogP contribution in [-0.4, -0.2) is 11.5 Å². The third-order valence-electron chi connectivity index (χ3n) is 3.97. The Morgan fingerprint density at radius 1 is 1.25 bits per heavy atom. The Balaban J connectivity index is 1.91. The molecule has 0 saturated heterocycles. The SMILES string of the molecule is CCCNCc1nc(C2(C)CC2)sc1-c1ccccc1. The molecule has 1 aromatic carbocycles. The van der Waals surface area contributed by atoms with Gasteiger partial charge >= 0.3 is 0 Å². The summed E-state index contributed by atoms with van der Waals surface area (Å²) < 4.78 is 0. The van der Waals surface area contributed by atoms with Crippen LogP contribution in [0, 0.1) is 0 Å². The Hall–Kier alpha value is -1.19. The molecule has 3 heteroatoms. The molecule has 1 aliphatic carbocycles. The minimum atomic E-state index is 0.358. The van der Waals surface area contributed by atoms with Gasteiger partial charge in [0.25, 0.3) is 0 Å². The number of hydrogen-bond donors (Lipinski definition) is 1. The van der Waals surface area contributed by atoms with Gasteiger partial charge in [0.15, 0.2) is 0 Å². The topological polar surface area (TPSA) is 24.9 Å². The van der Waals surface area contributed by atoms with E-state index in [4.69, 9.17) is 4.98 Å². The van der Waals surface area contributed by atoms with E-state index in [1.807, 2.05) is 11.3 Å². The van der Waals surface area contributed by atoms with Gasteiger partial charge in [-0.05, 0) is 31.4 Å². The fourth-order valence-electron chi connectivity index (χ4n) is 2.33. The molecule has 0 aliphatic heterocycles. The highest BCUT2D eigenvalue weighted by atomic mass is 32.1. The van der Waals surface area contributed by atoms with E-state index in [0.29, 0.717) is 5.41 Å². The van der Waals surface area contributed by atoms with Crippen molar-refractivity contribution in [2.75, 3.05) is 6.54 Å². The van der Waals surface area contributed by atoms with Crippen LogP contribution in [-0.2, 0) is 12.0 Å². The van der Waals surface area contributed by atoms with Gasteiger partial charge in [0.05, 0.1) is 15.6 Å². The summed E-state index contributed by atoms with van der Waals surface area (Å²) in [6.45, 7) is 6.47. The minimum absolute atomic E-state index is 0.358. The fourth-order valence-corrected chi connectivity index (χ4v) is 3.62.